The molecule has 8 heteroatoms. The molecule has 0 aromatic heterocycles. The summed E-state index contributed by atoms with van der Waals surface area (Å²) in [5.74, 6) is -1.42. The van der Waals surface area contributed by atoms with Gasteiger partial charge in [0, 0.05) is 38.1 Å². The maximum Gasteiger partial charge on any atom is 0.340 e. The van der Waals surface area contributed by atoms with E-state index in [0.29, 0.717) is 26.2 Å². The number of ether oxygens (including phenoxy) is 1. The van der Waals surface area contributed by atoms with Crippen molar-refractivity contribution in [1.82, 2.24) is 4.90 Å². The summed E-state index contributed by atoms with van der Waals surface area (Å²) >= 11 is 0. The Bertz CT molecular complexity index is 1010. The van der Waals surface area contributed by atoms with Crippen LogP contribution in [-0.4, -0.2) is 49.6 Å². The van der Waals surface area contributed by atoms with Gasteiger partial charge in [0.15, 0.2) is 0 Å². The zero-order valence-corrected chi connectivity index (χ0v) is 17.2. The number of hydrogen-bond acceptors (Lipinski definition) is 6. The van der Waals surface area contributed by atoms with E-state index in [9.17, 15) is 19.2 Å². The summed E-state index contributed by atoms with van der Waals surface area (Å²) in [6.45, 7) is 4.48. The monoisotopic (exact) mass is 422 g/mol. The molecule has 0 atom stereocenters. The molecule has 160 valence electrons. The summed E-state index contributed by atoms with van der Waals surface area (Å²) in [5.41, 5.74) is 1.38. The van der Waals surface area contributed by atoms with E-state index in [1.807, 2.05) is 11.0 Å². The number of piperazine rings is 1. The molecule has 1 aliphatic rings. The number of para-hydroxylation sites is 1. The van der Waals surface area contributed by atoms with Crippen LogP contribution in [0, 0.1) is 17.1 Å². The van der Waals surface area contributed by atoms with Gasteiger partial charge in [-0.05, 0) is 43.3 Å². The Morgan fingerprint density at radius 1 is 1.13 bits per heavy atom. The third-order valence-electron chi connectivity index (χ3n) is 4.85. The van der Waals surface area contributed by atoms with Gasteiger partial charge in [-0.2, -0.15) is 5.26 Å². The Labute approximate surface area is 180 Å². The summed E-state index contributed by atoms with van der Waals surface area (Å²) in [7, 11) is 0. The fourth-order valence-electron chi connectivity index (χ4n) is 3.25. The minimum Gasteiger partial charge on any atom is -0.462 e. The number of carbonyl (C=O) groups is 2. The first-order valence-electron chi connectivity index (χ1n) is 9.95. The zero-order valence-electron chi connectivity index (χ0n) is 17.2. The molecule has 2 aromatic carbocycles. The molecule has 1 heterocycles. The molecule has 31 heavy (non-hydrogen) atoms. The van der Waals surface area contributed by atoms with E-state index in [-0.39, 0.29) is 29.2 Å². The number of carbonyl (C=O) groups excluding carboxylic acids is 2. The summed E-state index contributed by atoms with van der Waals surface area (Å²) < 4.78 is 18.1. The van der Waals surface area contributed by atoms with E-state index in [1.165, 1.54) is 18.3 Å². The molecule has 1 amide bonds. The summed E-state index contributed by atoms with van der Waals surface area (Å²) in [4.78, 5) is 28.7. The first-order chi connectivity index (χ1) is 15.0. The van der Waals surface area contributed by atoms with Crippen molar-refractivity contribution in [3.8, 4) is 6.07 Å². The van der Waals surface area contributed by atoms with E-state index in [0.717, 1.165) is 5.69 Å². The highest BCUT2D eigenvalue weighted by Gasteiger charge is 2.19. The Morgan fingerprint density at radius 2 is 1.81 bits per heavy atom. The van der Waals surface area contributed by atoms with Crippen molar-refractivity contribution in [3.63, 3.8) is 0 Å². The van der Waals surface area contributed by atoms with E-state index in [1.54, 1.807) is 43.3 Å². The molecule has 0 aliphatic carbocycles. The number of halogens is 1. The molecule has 3 rings (SSSR count). The quantitative estimate of drug-likeness (QED) is 0.437. The van der Waals surface area contributed by atoms with E-state index in [2.05, 4.69) is 10.2 Å². The van der Waals surface area contributed by atoms with Crippen LogP contribution in [0.4, 0.5) is 15.8 Å². The highest BCUT2D eigenvalue weighted by atomic mass is 19.1. The molecule has 2 aromatic rings. The van der Waals surface area contributed by atoms with Gasteiger partial charge in [0.05, 0.1) is 17.9 Å². The van der Waals surface area contributed by atoms with Crippen LogP contribution in [0.2, 0.25) is 0 Å². The first kappa shape index (κ1) is 21.8. The average Bonchev–Trinajstić information content (AvgIpc) is 2.79. The summed E-state index contributed by atoms with van der Waals surface area (Å²) in [6.07, 6.45) is 1.53. The van der Waals surface area contributed by atoms with Crippen LogP contribution in [0.25, 0.3) is 0 Å². The van der Waals surface area contributed by atoms with Crippen molar-refractivity contribution in [3.05, 3.63) is 71.7 Å². The fourth-order valence-corrected chi connectivity index (χ4v) is 3.25. The van der Waals surface area contributed by atoms with Crippen molar-refractivity contribution in [1.29, 1.82) is 5.26 Å². The van der Waals surface area contributed by atoms with Crippen molar-refractivity contribution in [2.75, 3.05) is 43.0 Å². The maximum absolute atomic E-state index is 13.1. The van der Waals surface area contributed by atoms with E-state index >= 15 is 0 Å². The number of benzene rings is 2. The molecular formula is C23H23FN4O3. The second-order valence-electron chi connectivity index (χ2n) is 6.87. The molecular weight excluding hydrogens is 399 g/mol. The molecule has 1 fully saturated rings. The minimum atomic E-state index is -0.597. The van der Waals surface area contributed by atoms with Crippen LogP contribution in [0.5, 0.6) is 0 Å². The van der Waals surface area contributed by atoms with Gasteiger partial charge in [0.2, 0.25) is 0 Å². The molecule has 1 saturated heterocycles. The van der Waals surface area contributed by atoms with Gasteiger partial charge >= 0.3 is 5.97 Å². The molecule has 0 spiro atoms. The van der Waals surface area contributed by atoms with Crippen LogP contribution in [0.1, 0.15) is 17.3 Å². The Kier molecular flexibility index (Phi) is 7.22. The SMILES string of the molecule is CCOC(=O)c1ccccc1NC(=O)/C(C#N)=C\N1CCN(c2ccc(F)cc2)CC1. The van der Waals surface area contributed by atoms with Crippen molar-refractivity contribution in [2.24, 2.45) is 0 Å². The standard InChI is InChI=1S/C23H23FN4O3/c1-2-31-23(30)20-5-3-4-6-21(20)26-22(29)17(15-25)16-27-11-13-28(14-12-27)19-9-7-18(24)8-10-19/h3-10,16H,2,11-14H2,1H3,(H,26,29)/b17-16-. The van der Waals surface area contributed by atoms with Crippen LogP contribution < -0.4 is 10.2 Å². The van der Waals surface area contributed by atoms with Crippen molar-refractivity contribution < 1.29 is 18.7 Å². The number of anilines is 2. The highest BCUT2D eigenvalue weighted by molar-refractivity contribution is 6.09. The van der Waals surface area contributed by atoms with Crippen LogP contribution >= 0.6 is 0 Å². The summed E-state index contributed by atoms with van der Waals surface area (Å²) in [6, 6.07) is 14.7. The number of hydrogen-bond donors (Lipinski definition) is 1. The number of nitrogens with zero attached hydrogens (tertiary/aromatic N) is 3. The number of amides is 1. The Balaban J connectivity index is 1.65. The third-order valence-corrected chi connectivity index (χ3v) is 4.85. The Hall–Kier alpha value is -3.86. The van der Waals surface area contributed by atoms with Crippen LogP contribution in [0.3, 0.4) is 0 Å². The molecule has 0 unspecified atom stereocenters. The fraction of sp³-hybridized carbons (Fsp3) is 0.261. The van der Waals surface area contributed by atoms with Gasteiger partial charge < -0.3 is 19.9 Å². The second-order valence-corrected chi connectivity index (χ2v) is 6.87. The van der Waals surface area contributed by atoms with Crippen molar-refractivity contribution in [2.45, 2.75) is 6.92 Å². The number of rotatable bonds is 6. The van der Waals surface area contributed by atoms with Gasteiger partial charge in [-0.3, -0.25) is 4.79 Å². The molecule has 0 radical (unpaired) electrons. The van der Waals surface area contributed by atoms with Crippen LogP contribution in [-0.2, 0) is 9.53 Å². The number of esters is 1. The Morgan fingerprint density at radius 3 is 2.45 bits per heavy atom. The van der Waals surface area contributed by atoms with Gasteiger partial charge in [0.1, 0.15) is 17.5 Å². The van der Waals surface area contributed by atoms with Gasteiger partial charge in [-0.1, -0.05) is 12.1 Å². The lowest BCUT2D eigenvalue weighted by atomic mass is 10.1. The predicted octanol–water partition coefficient (Wildman–Crippen LogP) is 3.17. The minimum absolute atomic E-state index is 0.0612. The third kappa shape index (κ3) is 5.60. The molecule has 1 aliphatic heterocycles. The average molecular weight is 422 g/mol. The van der Waals surface area contributed by atoms with Gasteiger partial charge in [-0.25, -0.2) is 9.18 Å². The lowest BCUT2D eigenvalue weighted by Gasteiger charge is -2.35. The molecule has 0 bridgehead atoms. The summed E-state index contributed by atoms with van der Waals surface area (Å²) in [5, 5.41) is 12.1. The highest BCUT2D eigenvalue weighted by Crippen LogP contribution is 2.19. The number of nitriles is 1. The number of nitrogens with one attached hydrogen (secondary N) is 1. The topological polar surface area (TPSA) is 85.7 Å². The van der Waals surface area contributed by atoms with Gasteiger partial charge in [0.25, 0.3) is 5.91 Å². The molecule has 1 N–H and O–H groups in total. The van der Waals surface area contributed by atoms with E-state index in [4.69, 9.17) is 4.74 Å². The molecule has 0 saturated carbocycles. The smallest absolute Gasteiger partial charge is 0.340 e. The van der Waals surface area contributed by atoms with Gasteiger partial charge in [-0.15, -0.1) is 0 Å². The largest absolute Gasteiger partial charge is 0.462 e. The van der Waals surface area contributed by atoms with Crippen molar-refractivity contribution >= 4 is 23.3 Å². The lowest BCUT2D eigenvalue weighted by Crippen LogP contribution is -2.44. The normalized spacial score (nSPS) is 14.0. The lowest BCUT2D eigenvalue weighted by molar-refractivity contribution is -0.112. The predicted molar refractivity (Wildman–Crippen MR) is 115 cm³/mol. The zero-order chi connectivity index (χ0) is 22.2. The first-order valence-corrected chi connectivity index (χ1v) is 9.95. The van der Waals surface area contributed by atoms with Crippen LogP contribution in [0.15, 0.2) is 60.3 Å². The molecule has 7 nitrogen and oxygen atoms in total. The maximum atomic E-state index is 13.1. The van der Waals surface area contributed by atoms with E-state index < -0.39 is 11.9 Å². The second kappa shape index (κ2) is 10.3.